The molecule has 1 aliphatic rings. The van der Waals surface area contributed by atoms with Gasteiger partial charge in [0.05, 0.1) is 15.6 Å². The summed E-state index contributed by atoms with van der Waals surface area (Å²) in [5, 5.41) is 11.1. The van der Waals surface area contributed by atoms with Gasteiger partial charge in [-0.1, -0.05) is 39.8 Å². The van der Waals surface area contributed by atoms with Crippen LogP contribution in [0.5, 0.6) is 0 Å². The zero-order chi connectivity index (χ0) is 31.0. The van der Waals surface area contributed by atoms with Gasteiger partial charge in [0, 0.05) is 44.4 Å². The second-order valence-electron chi connectivity index (χ2n) is 11.1. The predicted molar refractivity (Wildman–Crippen MR) is 160 cm³/mol. The Balaban J connectivity index is 2.53. The van der Waals surface area contributed by atoms with Crippen molar-refractivity contribution in [2.24, 2.45) is 11.8 Å². The van der Waals surface area contributed by atoms with Gasteiger partial charge in [0.1, 0.15) is 6.04 Å². The van der Waals surface area contributed by atoms with E-state index in [1.807, 2.05) is 13.8 Å². The number of rotatable bonds is 16. The molecule has 0 bridgehead atoms. The highest BCUT2D eigenvalue weighted by Gasteiger charge is 2.41. The van der Waals surface area contributed by atoms with E-state index in [1.54, 1.807) is 18.7 Å². The first-order valence-electron chi connectivity index (χ1n) is 13.9. The van der Waals surface area contributed by atoms with E-state index in [1.165, 1.54) is 16.5 Å². The highest BCUT2D eigenvalue weighted by atomic mass is 32.2. The van der Waals surface area contributed by atoms with Crippen molar-refractivity contribution >= 4 is 31.6 Å². The molecule has 1 aromatic carbocycles. The van der Waals surface area contributed by atoms with Gasteiger partial charge in [0.15, 0.2) is 0 Å². The normalized spacial score (nSPS) is 16.2. The number of piperidine rings is 1. The number of carbonyl (C=O) groups excluding carboxylic acids is 1. The number of nitro groups is 1. The zero-order valence-corrected chi connectivity index (χ0v) is 26.1. The predicted octanol–water partition coefficient (Wildman–Crippen LogP) is 4.04. The Morgan fingerprint density at radius 3 is 1.98 bits per heavy atom. The molecule has 230 valence electrons. The van der Waals surface area contributed by atoms with Crippen molar-refractivity contribution in [1.82, 2.24) is 13.5 Å². The fourth-order valence-corrected chi connectivity index (χ4v) is 8.91. The lowest BCUT2D eigenvalue weighted by atomic mass is 10.0. The number of amides is 1. The first-order chi connectivity index (χ1) is 19.2. The van der Waals surface area contributed by atoms with Crippen LogP contribution in [-0.2, 0) is 24.8 Å². The van der Waals surface area contributed by atoms with Crippen LogP contribution in [-0.4, -0.2) is 85.2 Å². The van der Waals surface area contributed by atoms with E-state index < -0.39 is 48.7 Å². The number of sulfonamides is 2. The number of hydrogen-bond acceptors (Lipinski definition) is 7. The summed E-state index contributed by atoms with van der Waals surface area (Å²) in [5.74, 6) is -1.23. The summed E-state index contributed by atoms with van der Waals surface area (Å²) in [6.45, 7) is 15.6. The summed E-state index contributed by atoms with van der Waals surface area (Å²) in [4.78, 5) is 25.7. The van der Waals surface area contributed by atoms with Crippen LogP contribution in [0.2, 0.25) is 0 Å². The van der Waals surface area contributed by atoms with E-state index in [0.717, 1.165) is 47.8 Å². The van der Waals surface area contributed by atoms with Gasteiger partial charge >= 0.3 is 0 Å². The molecule has 0 unspecified atom stereocenters. The molecule has 0 spiro atoms. The number of nitrogens with zero attached hydrogens (tertiary/aromatic N) is 4. The van der Waals surface area contributed by atoms with Gasteiger partial charge < -0.3 is 4.90 Å². The van der Waals surface area contributed by atoms with Crippen LogP contribution in [0.25, 0.3) is 0 Å². The van der Waals surface area contributed by atoms with Crippen LogP contribution >= 0.6 is 0 Å². The molecule has 0 N–H and O–H groups in total. The molecule has 1 saturated heterocycles. The molecule has 1 aromatic rings. The third-order valence-corrected chi connectivity index (χ3v) is 10.9. The first kappa shape index (κ1) is 34.6. The maximum atomic E-state index is 14.1. The van der Waals surface area contributed by atoms with Crippen LogP contribution in [0.15, 0.2) is 54.5 Å². The molecule has 2 atom stereocenters. The summed E-state index contributed by atoms with van der Waals surface area (Å²) in [7, 11) is -8.47. The van der Waals surface area contributed by atoms with Crippen molar-refractivity contribution in [2.75, 3.05) is 31.9 Å². The van der Waals surface area contributed by atoms with E-state index in [-0.39, 0.29) is 35.5 Å². The van der Waals surface area contributed by atoms with Crippen LogP contribution in [0.1, 0.15) is 53.4 Å². The van der Waals surface area contributed by atoms with Crippen LogP contribution in [0.4, 0.5) is 5.69 Å². The third-order valence-electron chi connectivity index (χ3n) is 7.15. The number of carbonyl (C=O) groups is 1. The molecule has 1 heterocycles. The molecule has 41 heavy (non-hydrogen) atoms. The first-order valence-corrected chi connectivity index (χ1v) is 17.0. The van der Waals surface area contributed by atoms with Gasteiger partial charge in [-0.2, -0.15) is 8.61 Å². The van der Waals surface area contributed by atoms with Crippen LogP contribution in [0, 0.1) is 22.0 Å². The fraction of sp³-hybridized carbons (Fsp3) is 0.607. The van der Waals surface area contributed by atoms with E-state index in [2.05, 4.69) is 13.2 Å². The molecule has 0 saturated carbocycles. The van der Waals surface area contributed by atoms with Crippen molar-refractivity contribution in [3.05, 3.63) is 59.7 Å². The second kappa shape index (κ2) is 15.0. The lowest BCUT2D eigenvalue weighted by Gasteiger charge is -2.38. The van der Waals surface area contributed by atoms with Gasteiger partial charge in [0.2, 0.25) is 26.0 Å². The average Bonchev–Trinajstić information content (AvgIpc) is 2.92. The third kappa shape index (κ3) is 8.94. The second-order valence-corrected chi connectivity index (χ2v) is 15.0. The summed E-state index contributed by atoms with van der Waals surface area (Å²) in [5.41, 5.74) is -0.267. The number of nitro benzene ring substituents is 1. The molecular formula is C28H44N4O7S2. The Kier molecular flexibility index (Phi) is 12.7. The van der Waals surface area contributed by atoms with Crippen LogP contribution < -0.4 is 0 Å². The lowest BCUT2D eigenvalue weighted by molar-refractivity contribution is -0.384. The monoisotopic (exact) mass is 612 g/mol. The van der Waals surface area contributed by atoms with Crippen molar-refractivity contribution in [1.29, 1.82) is 0 Å². The van der Waals surface area contributed by atoms with Gasteiger partial charge in [-0.15, -0.1) is 13.2 Å². The van der Waals surface area contributed by atoms with E-state index in [4.69, 9.17) is 0 Å². The Bertz CT molecular complexity index is 1270. The zero-order valence-electron chi connectivity index (χ0n) is 24.5. The number of benzene rings is 1. The van der Waals surface area contributed by atoms with E-state index in [0.29, 0.717) is 19.5 Å². The van der Waals surface area contributed by atoms with Gasteiger partial charge in [0.25, 0.3) is 5.69 Å². The largest absolute Gasteiger partial charge is 0.341 e. The van der Waals surface area contributed by atoms with Gasteiger partial charge in [-0.25, -0.2) is 16.8 Å². The SMILES string of the molecule is C=CCN([C@@H](CC(C)C)C(=O)N1CCCCC1)S(=O)(=O)C[C@H](C(C)C)N(CC=C)S(=O)(=O)c1ccc([N+](=O)[O-])cc1. The Morgan fingerprint density at radius 2 is 1.51 bits per heavy atom. The summed E-state index contributed by atoms with van der Waals surface area (Å²) in [6, 6.07) is 2.49. The highest BCUT2D eigenvalue weighted by molar-refractivity contribution is 7.90. The molecular weight excluding hydrogens is 568 g/mol. The Morgan fingerprint density at radius 1 is 0.976 bits per heavy atom. The molecule has 1 amide bonds. The summed E-state index contributed by atoms with van der Waals surface area (Å²) < 4.78 is 58.0. The maximum absolute atomic E-state index is 14.1. The average molecular weight is 613 g/mol. The van der Waals surface area contributed by atoms with Gasteiger partial charge in [-0.3, -0.25) is 14.9 Å². The van der Waals surface area contributed by atoms with E-state index >= 15 is 0 Å². The number of likely N-dealkylation sites (tertiary alicyclic amines) is 1. The Labute approximate surface area is 245 Å². The molecule has 2 rings (SSSR count). The fourth-order valence-electron chi connectivity index (χ4n) is 5.01. The molecule has 0 radical (unpaired) electrons. The molecule has 1 fully saturated rings. The smallest absolute Gasteiger partial charge is 0.269 e. The van der Waals surface area contributed by atoms with Crippen molar-refractivity contribution < 1.29 is 26.6 Å². The minimum atomic E-state index is -4.27. The van der Waals surface area contributed by atoms with E-state index in [9.17, 15) is 31.7 Å². The quantitative estimate of drug-likeness (QED) is 0.156. The van der Waals surface area contributed by atoms with Crippen LogP contribution in [0.3, 0.4) is 0 Å². The van der Waals surface area contributed by atoms with Gasteiger partial charge in [-0.05, 0) is 49.7 Å². The minimum absolute atomic E-state index is 0.0249. The lowest BCUT2D eigenvalue weighted by Crippen LogP contribution is -2.55. The number of non-ortho nitro benzene ring substituents is 1. The topological polar surface area (TPSA) is 138 Å². The summed E-state index contributed by atoms with van der Waals surface area (Å²) >= 11 is 0. The molecule has 11 nitrogen and oxygen atoms in total. The minimum Gasteiger partial charge on any atom is -0.341 e. The highest BCUT2D eigenvalue weighted by Crippen LogP contribution is 2.27. The van der Waals surface area contributed by atoms with Crippen molar-refractivity contribution in [3.63, 3.8) is 0 Å². The Hall–Kier alpha value is -2.61. The molecule has 0 aliphatic carbocycles. The maximum Gasteiger partial charge on any atom is 0.269 e. The standard InChI is InChI=1S/C28H44N4O7S2/c1-7-16-30(26(20-22(3)4)28(33)29-18-10-9-11-19-29)40(36,37)21-27(23(5)6)31(17-8-2)41(38,39)25-14-12-24(13-15-25)32(34)35/h7-8,12-15,22-23,26-27H,1-2,9-11,16-21H2,3-6H3/t26-,27+/m0/s1. The number of hydrogen-bond donors (Lipinski definition) is 0. The summed E-state index contributed by atoms with van der Waals surface area (Å²) in [6.07, 6.45) is 5.86. The molecule has 0 aromatic heterocycles. The van der Waals surface area contributed by atoms with Crippen molar-refractivity contribution in [2.45, 2.75) is 70.4 Å². The molecule has 1 aliphatic heterocycles. The van der Waals surface area contributed by atoms with Crippen molar-refractivity contribution in [3.8, 4) is 0 Å². The molecule has 13 heteroatoms.